The van der Waals surface area contributed by atoms with Crippen LogP contribution in [0.1, 0.15) is 22.8 Å². The van der Waals surface area contributed by atoms with E-state index < -0.39 is 0 Å². The van der Waals surface area contributed by atoms with Crippen molar-refractivity contribution < 1.29 is 9.90 Å². The second kappa shape index (κ2) is 5.88. The quantitative estimate of drug-likeness (QED) is 0.921. The molecule has 106 valence electrons. The first-order valence-corrected chi connectivity index (χ1v) is 6.52. The van der Waals surface area contributed by atoms with Gasteiger partial charge in [0, 0.05) is 18.8 Å². The standard InChI is InChI=1S/C15H19N3O2/c1-11-8-16-18(9-11)14-6-4-13(5-7-14)15(20)17(3)12(2)10-19/h4-9,12,19H,10H2,1-3H3. The highest BCUT2D eigenvalue weighted by atomic mass is 16.3. The van der Waals surface area contributed by atoms with E-state index in [4.69, 9.17) is 5.11 Å². The summed E-state index contributed by atoms with van der Waals surface area (Å²) in [7, 11) is 1.69. The molecule has 0 fully saturated rings. The first-order valence-electron chi connectivity index (χ1n) is 6.52. The second-order valence-electron chi connectivity index (χ2n) is 4.96. The normalized spacial score (nSPS) is 12.2. The molecule has 2 aromatic rings. The van der Waals surface area contributed by atoms with E-state index in [1.807, 2.05) is 25.3 Å². The summed E-state index contributed by atoms with van der Waals surface area (Å²) in [5.41, 5.74) is 2.59. The van der Waals surface area contributed by atoms with Crippen LogP contribution in [0, 0.1) is 6.92 Å². The Kier molecular flexibility index (Phi) is 4.20. The topological polar surface area (TPSA) is 58.4 Å². The van der Waals surface area contributed by atoms with Crippen molar-refractivity contribution in [2.75, 3.05) is 13.7 Å². The molecule has 1 unspecified atom stereocenters. The van der Waals surface area contributed by atoms with Crippen LogP contribution in [-0.2, 0) is 0 Å². The first-order chi connectivity index (χ1) is 9.52. The fourth-order valence-electron chi connectivity index (χ4n) is 1.84. The van der Waals surface area contributed by atoms with Gasteiger partial charge in [0.1, 0.15) is 0 Å². The number of likely N-dealkylation sites (N-methyl/N-ethyl adjacent to an activating group) is 1. The predicted molar refractivity (Wildman–Crippen MR) is 76.9 cm³/mol. The summed E-state index contributed by atoms with van der Waals surface area (Å²) in [6, 6.07) is 7.06. The van der Waals surface area contributed by atoms with Crippen molar-refractivity contribution in [3.05, 3.63) is 47.8 Å². The highest BCUT2D eigenvalue weighted by Crippen LogP contribution is 2.12. The molecule has 20 heavy (non-hydrogen) atoms. The molecule has 5 heteroatoms. The average molecular weight is 273 g/mol. The average Bonchev–Trinajstić information content (AvgIpc) is 2.91. The summed E-state index contributed by atoms with van der Waals surface area (Å²) >= 11 is 0. The van der Waals surface area contributed by atoms with Gasteiger partial charge in [0.05, 0.1) is 24.5 Å². The molecule has 1 heterocycles. The van der Waals surface area contributed by atoms with Crippen LogP contribution in [-0.4, -0.2) is 45.4 Å². The molecular weight excluding hydrogens is 254 g/mol. The number of rotatable bonds is 4. The van der Waals surface area contributed by atoms with Gasteiger partial charge in [0.2, 0.25) is 0 Å². The molecule has 2 rings (SSSR count). The zero-order valence-corrected chi connectivity index (χ0v) is 11.9. The van der Waals surface area contributed by atoms with Crippen molar-refractivity contribution in [3.8, 4) is 5.69 Å². The number of benzene rings is 1. The lowest BCUT2D eigenvalue weighted by Gasteiger charge is -2.23. The van der Waals surface area contributed by atoms with Crippen molar-refractivity contribution in [1.82, 2.24) is 14.7 Å². The van der Waals surface area contributed by atoms with Gasteiger partial charge in [-0.3, -0.25) is 4.79 Å². The van der Waals surface area contributed by atoms with Crippen LogP contribution >= 0.6 is 0 Å². The van der Waals surface area contributed by atoms with Gasteiger partial charge in [-0.2, -0.15) is 5.10 Å². The van der Waals surface area contributed by atoms with Crippen molar-refractivity contribution in [1.29, 1.82) is 0 Å². The fourth-order valence-corrected chi connectivity index (χ4v) is 1.84. The molecule has 0 spiro atoms. The van der Waals surface area contributed by atoms with Crippen LogP contribution in [0.4, 0.5) is 0 Å². The monoisotopic (exact) mass is 273 g/mol. The third-order valence-electron chi connectivity index (χ3n) is 3.34. The van der Waals surface area contributed by atoms with Crippen LogP contribution in [0.15, 0.2) is 36.7 Å². The Labute approximate surface area is 118 Å². The Morgan fingerprint density at radius 2 is 2.05 bits per heavy atom. The molecule has 0 aliphatic heterocycles. The number of carbonyl (C=O) groups is 1. The number of aryl methyl sites for hydroxylation is 1. The van der Waals surface area contributed by atoms with Gasteiger partial charge in [-0.1, -0.05) is 0 Å². The SMILES string of the molecule is Cc1cnn(-c2ccc(C(=O)N(C)C(C)CO)cc2)c1. The van der Waals surface area contributed by atoms with Gasteiger partial charge >= 0.3 is 0 Å². The molecule has 1 atom stereocenters. The van der Waals surface area contributed by atoms with Crippen molar-refractivity contribution >= 4 is 5.91 Å². The van der Waals surface area contributed by atoms with E-state index in [-0.39, 0.29) is 18.6 Å². The van der Waals surface area contributed by atoms with E-state index in [1.54, 1.807) is 37.0 Å². The third kappa shape index (κ3) is 2.88. The van der Waals surface area contributed by atoms with Gasteiger partial charge in [0.15, 0.2) is 0 Å². The van der Waals surface area contributed by atoms with Crippen LogP contribution in [0.2, 0.25) is 0 Å². The summed E-state index contributed by atoms with van der Waals surface area (Å²) in [4.78, 5) is 13.7. The van der Waals surface area contributed by atoms with Gasteiger partial charge in [-0.15, -0.1) is 0 Å². The summed E-state index contributed by atoms with van der Waals surface area (Å²) in [6.45, 7) is 3.73. The molecule has 5 nitrogen and oxygen atoms in total. The largest absolute Gasteiger partial charge is 0.394 e. The molecule has 0 saturated carbocycles. The van der Waals surface area contributed by atoms with Crippen LogP contribution in [0.3, 0.4) is 0 Å². The minimum Gasteiger partial charge on any atom is -0.394 e. The van der Waals surface area contributed by atoms with Crippen molar-refractivity contribution in [3.63, 3.8) is 0 Å². The Balaban J connectivity index is 2.18. The van der Waals surface area contributed by atoms with E-state index >= 15 is 0 Å². The number of aliphatic hydroxyl groups excluding tert-OH is 1. The van der Waals surface area contributed by atoms with E-state index in [0.29, 0.717) is 5.56 Å². The molecule has 1 aromatic carbocycles. The van der Waals surface area contributed by atoms with Gasteiger partial charge in [-0.05, 0) is 43.7 Å². The molecule has 0 radical (unpaired) electrons. The first kappa shape index (κ1) is 14.3. The highest BCUT2D eigenvalue weighted by Gasteiger charge is 2.16. The van der Waals surface area contributed by atoms with Crippen LogP contribution < -0.4 is 0 Å². The minimum absolute atomic E-state index is 0.0487. The fraction of sp³-hybridized carbons (Fsp3) is 0.333. The third-order valence-corrected chi connectivity index (χ3v) is 3.34. The Morgan fingerprint density at radius 1 is 1.40 bits per heavy atom. The van der Waals surface area contributed by atoms with Crippen LogP contribution in [0.5, 0.6) is 0 Å². The van der Waals surface area contributed by atoms with E-state index in [1.165, 1.54) is 4.90 Å². The summed E-state index contributed by atoms with van der Waals surface area (Å²) in [5.74, 6) is -0.102. The number of hydrogen-bond acceptors (Lipinski definition) is 3. The molecule has 0 bridgehead atoms. The maximum Gasteiger partial charge on any atom is 0.253 e. The Bertz CT molecular complexity index is 589. The number of hydrogen-bond donors (Lipinski definition) is 1. The maximum atomic E-state index is 12.2. The molecule has 1 N–H and O–H groups in total. The molecule has 0 saturated heterocycles. The zero-order chi connectivity index (χ0) is 14.7. The predicted octanol–water partition coefficient (Wildman–Crippen LogP) is 1.63. The highest BCUT2D eigenvalue weighted by molar-refractivity contribution is 5.94. The molecular formula is C15H19N3O2. The lowest BCUT2D eigenvalue weighted by Crippen LogP contribution is -2.37. The van der Waals surface area contributed by atoms with E-state index in [9.17, 15) is 4.79 Å². The molecule has 0 aliphatic rings. The van der Waals surface area contributed by atoms with Gasteiger partial charge < -0.3 is 10.0 Å². The van der Waals surface area contributed by atoms with E-state index in [0.717, 1.165) is 11.3 Å². The number of aliphatic hydroxyl groups is 1. The maximum absolute atomic E-state index is 12.2. The number of nitrogens with zero attached hydrogens (tertiary/aromatic N) is 3. The zero-order valence-electron chi connectivity index (χ0n) is 11.9. The Morgan fingerprint density at radius 3 is 2.55 bits per heavy atom. The number of aromatic nitrogens is 2. The Hall–Kier alpha value is -2.14. The smallest absolute Gasteiger partial charge is 0.253 e. The van der Waals surface area contributed by atoms with Crippen molar-refractivity contribution in [2.45, 2.75) is 19.9 Å². The van der Waals surface area contributed by atoms with Crippen molar-refractivity contribution in [2.24, 2.45) is 0 Å². The summed E-state index contributed by atoms with van der Waals surface area (Å²) in [5, 5.41) is 13.3. The summed E-state index contributed by atoms with van der Waals surface area (Å²) < 4.78 is 1.77. The molecule has 1 amide bonds. The lowest BCUT2D eigenvalue weighted by atomic mass is 10.1. The number of carbonyl (C=O) groups excluding carboxylic acids is 1. The second-order valence-corrected chi connectivity index (χ2v) is 4.96. The minimum atomic E-state index is -0.198. The van der Waals surface area contributed by atoms with E-state index in [2.05, 4.69) is 5.10 Å². The lowest BCUT2D eigenvalue weighted by molar-refractivity contribution is 0.0682. The summed E-state index contributed by atoms with van der Waals surface area (Å²) in [6.07, 6.45) is 3.71. The number of amides is 1. The molecule has 0 aliphatic carbocycles. The molecule has 1 aromatic heterocycles. The van der Waals surface area contributed by atoms with Crippen LogP contribution in [0.25, 0.3) is 5.69 Å². The van der Waals surface area contributed by atoms with Gasteiger partial charge in [-0.25, -0.2) is 4.68 Å². The van der Waals surface area contributed by atoms with Gasteiger partial charge in [0.25, 0.3) is 5.91 Å².